The van der Waals surface area contributed by atoms with Crippen molar-refractivity contribution in [3.63, 3.8) is 0 Å². The second kappa shape index (κ2) is 7.60. The first-order valence-electron chi connectivity index (χ1n) is 5.51. The molecule has 0 saturated heterocycles. The number of carbonyl (C=O) groups is 1. The minimum absolute atomic E-state index is 0.0187. The molecule has 3 N–H and O–H groups in total. The minimum Gasteiger partial charge on any atom is -0.396 e. The van der Waals surface area contributed by atoms with E-state index in [0.29, 0.717) is 13.2 Å². The van der Waals surface area contributed by atoms with E-state index in [1.807, 2.05) is 20.8 Å². The van der Waals surface area contributed by atoms with Crippen LogP contribution in [0.3, 0.4) is 0 Å². The van der Waals surface area contributed by atoms with Gasteiger partial charge in [-0.25, -0.2) is 0 Å². The molecule has 0 aliphatic heterocycles. The van der Waals surface area contributed by atoms with Crippen molar-refractivity contribution in [3.8, 4) is 0 Å². The fourth-order valence-corrected chi connectivity index (χ4v) is 1.19. The van der Waals surface area contributed by atoms with E-state index in [2.05, 4.69) is 10.6 Å². The zero-order valence-electron chi connectivity index (χ0n) is 10.7. The molecule has 0 heterocycles. The van der Waals surface area contributed by atoms with Gasteiger partial charge >= 0.3 is 0 Å². The Balaban J connectivity index is 3.66. The highest BCUT2D eigenvalue weighted by Gasteiger charge is 2.16. The van der Waals surface area contributed by atoms with Crippen LogP contribution in [0.5, 0.6) is 0 Å². The lowest BCUT2D eigenvalue weighted by molar-refractivity contribution is -0.121. The highest BCUT2D eigenvalue weighted by molar-refractivity contribution is 5.78. The third-order valence-corrected chi connectivity index (χ3v) is 2.14. The van der Waals surface area contributed by atoms with Crippen LogP contribution in [0.1, 0.15) is 20.8 Å². The van der Waals surface area contributed by atoms with Crippen LogP contribution in [0.4, 0.5) is 0 Å². The van der Waals surface area contributed by atoms with E-state index in [1.165, 1.54) is 0 Å². The highest BCUT2D eigenvalue weighted by atomic mass is 16.5. The number of ether oxygens (including phenoxy) is 1. The van der Waals surface area contributed by atoms with Crippen LogP contribution < -0.4 is 10.6 Å². The van der Waals surface area contributed by atoms with Gasteiger partial charge in [0.05, 0.1) is 13.2 Å². The van der Waals surface area contributed by atoms with E-state index < -0.39 is 0 Å². The van der Waals surface area contributed by atoms with E-state index in [4.69, 9.17) is 9.84 Å². The summed E-state index contributed by atoms with van der Waals surface area (Å²) in [7, 11) is 1.60. The standard InChI is InChI=1S/C11H24N2O3/c1-9(6-16-4)13-10(15)5-12-7-11(2,3)8-14/h9,12,14H,5-8H2,1-4H3,(H,13,15). The summed E-state index contributed by atoms with van der Waals surface area (Å²) < 4.78 is 4.91. The molecule has 0 bridgehead atoms. The van der Waals surface area contributed by atoms with Crippen molar-refractivity contribution in [1.82, 2.24) is 10.6 Å². The Morgan fingerprint density at radius 1 is 1.50 bits per heavy atom. The molecule has 5 heteroatoms. The lowest BCUT2D eigenvalue weighted by Gasteiger charge is -2.22. The van der Waals surface area contributed by atoms with Crippen molar-refractivity contribution in [2.45, 2.75) is 26.8 Å². The lowest BCUT2D eigenvalue weighted by Crippen LogP contribution is -2.43. The molecule has 0 fully saturated rings. The van der Waals surface area contributed by atoms with Crippen molar-refractivity contribution in [3.05, 3.63) is 0 Å². The second-order valence-electron chi connectivity index (χ2n) is 4.85. The third kappa shape index (κ3) is 7.62. The molecule has 0 aliphatic rings. The number of amides is 1. The van der Waals surface area contributed by atoms with Crippen LogP contribution in [0.2, 0.25) is 0 Å². The number of methoxy groups -OCH3 is 1. The third-order valence-electron chi connectivity index (χ3n) is 2.14. The zero-order chi connectivity index (χ0) is 12.6. The van der Waals surface area contributed by atoms with Gasteiger partial charge in [-0.05, 0) is 6.92 Å². The molecule has 5 nitrogen and oxygen atoms in total. The summed E-state index contributed by atoms with van der Waals surface area (Å²) in [4.78, 5) is 11.4. The highest BCUT2D eigenvalue weighted by Crippen LogP contribution is 2.10. The van der Waals surface area contributed by atoms with Gasteiger partial charge in [-0.2, -0.15) is 0 Å². The van der Waals surface area contributed by atoms with Crippen molar-refractivity contribution < 1.29 is 14.6 Å². The summed E-state index contributed by atoms with van der Waals surface area (Å²) in [5.74, 6) is -0.0571. The predicted molar refractivity (Wildman–Crippen MR) is 63.2 cm³/mol. The van der Waals surface area contributed by atoms with Crippen LogP contribution in [-0.2, 0) is 9.53 Å². The summed E-state index contributed by atoms with van der Waals surface area (Å²) in [6.45, 7) is 7.23. The van der Waals surface area contributed by atoms with Crippen molar-refractivity contribution in [2.24, 2.45) is 5.41 Å². The molecule has 0 radical (unpaired) electrons. The Morgan fingerprint density at radius 3 is 2.62 bits per heavy atom. The van der Waals surface area contributed by atoms with Gasteiger partial charge in [-0.3, -0.25) is 4.79 Å². The van der Waals surface area contributed by atoms with Crippen LogP contribution in [0.25, 0.3) is 0 Å². The van der Waals surface area contributed by atoms with Gasteiger partial charge in [0.25, 0.3) is 0 Å². The average molecular weight is 232 g/mol. The molecule has 0 saturated carbocycles. The van der Waals surface area contributed by atoms with Gasteiger partial charge < -0.3 is 20.5 Å². The molecule has 0 aliphatic carbocycles. The molecule has 0 aromatic rings. The fraction of sp³-hybridized carbons (Fsp3) is 0.909. The van der Waals surface area contributed by atoms with E-state index in [0.717, 1.165) is 0 Å². The maximum atomic E-state index is 11.4. The Kier molecular flexibility index (Phi) is 7.29. The smallest absolute Gasteiger partial charge is 0.234 e. The molecule has 0 rings (SSSR count). The van der Waals surface area contributed by atoms with Crippen LogP contribution in [-0.4, -0.2) is 50.5 Å². The summed E-state index contributed by atoms with van der Waals surface area (Å²) in [5.41, 5.74) is -0.196. The summed E-state index contributed by atoms with van der Waals surface area (Å²) >= 11 is 0. The molecule has 0 aromatic heterocycles. The Morgan fingerprint density at radius 2 is 2.12 bits per heavy atom. The first kappa shape index (κ1) is 15.3. The maximum Gasteiger partial charge on any atom is 0.234 e. The monoisotopic (exact) mass is 232 g/mol. The van der Waals surface area contributed by atoms with E-state index in [-0.39, 0.29) is 30.5 Å². The quantitative estimate of drug-likeness (QED) is 0.539. The molecular weight excluding hydrogens is 208 g/mol. The van der Waals surface area contributed by atoms with Gasteiger partial charge in [0.1, 0.15) is 0 Å². The van der Waals surface area contributed by atoms with Crippen LogP contribution in [0.15, 0.2) is 0 Å². The number of rotatable bonds is 8. The molecule has 96 valence electrons. The zero-order valence-corrected chi connectivity index (χ0v) is 10.7. The van der Waals surface area contributed by atoms with Gasteiger partial charge in [0.15, 0.2) is 0 Å². The normalized spacial score (nSPS) is 13.6. The second-order valence-corrected chi connectivity index (χ2v) is 4.85. The number of aliphatic hydroxyl groups is 1. The summed E-state index contributed by atoms with van der Waals surface area (Å²) in [5, 5.41) is 14.8. The van der Waals surface area contributed by atoms with Crippen LogP contribution >= 0.6 is 0 Å². The largest absolute Gasteiger partial charge is 0.396 e. The summed E-state index contributed by atoms with van der Waals surface area (Å²) in [6, 6.07) is 0.0187. The van der Waals surface area contributed by atoms with E-state index >= 15 is 0 Å². The molecule has 16 heavy (non-hydrogen) atoms. The Bertz CT molecular complexity index is 207. The molecule has 1 atom stereocenters. The fourth-order valence-electron chi connectivity index (χ4n) is 1.19. The number of aliphatic hydroxyl groups excluding tert-OH is 1. The lowest BCUT2D eigenvalue weighted by atomic mass is 9.95. The first-order valence-corrected chi connectivity index (χ1v) is 5.51. The van der Waals surface area contributed by atoms with E-state index in [9.17, 15) is 4.79 Å². The number of carbonyl (C=O) groups excluding carboxylic acids is 1. The molecule has 0 aromatic carbocycles. The molecule has 0 spiro atoms. The summed E-state index contributed by atoms with van der Waals surface area (Å²) in [6.07, 6.45) is 0. The first-order chi connectivity index (χ1) is 7.41. The minimum atomic E-state index is -0.196. The maximum absolute atomic E-state index is 11.4. The van der Waals surface area contributed by atoms with Crippen LogP contribution in [0, 0.1) is 5.41 Å². The number of nitrogens with one attached hydrogen (secondary N) is 2. The van der Waals surface area contributed by atoms with E-state index in [1.54, 1.807) is 7.11 Å². The topological polar surface area (TPSA) is 70.6 Å². The SMILES string of the molecule is COCC(C)NC(=O)CNCC(C)(C)CO. The Labute approximate surface area is 97.6 Å². The predicted octanol–water partition coefficient (Wildman–Crippen LogP) is -0.254. The molecule has 1 unspecified atom stereocenters. The van der Waals surface area contributed by atoms with Crippen molar-refractivity contribution in [2.75, 3.05) is 33.4 Å². The van der Waals surface area contributed by atoms with Gasteiger partial charge in [-0.1, -0.05) is 13.8 Å². The molecular formula is C11H24N2O3. The average Bonchev–Trinajstić information content (AvgIpc) is 2.17. The molecule has 1 amide bonds. The van der Waals surface area contributed by atoms with Gasteiger partial charge in [-0.15, -0.1) is 0 Å². The Hall–Kier alpha value is -0.650. The van der Waals surface area contributed by atoms with Gasteiger partial charge in [0, 0.05) is 31.7 Å². The number of hydrogen-bond acceptors (Lipinski definition) is 4. The number of hydrogen-bond donors (Lipinski definition) is 3. The van der Waals surface area contributed by atoms with Crippen molar-refractivity contribution in [1.29, 1.82) is 0 Å². The van der Waals surface area contributed by atoms with Crippen molar-refractivity contribution >= 4 is 5.91 Å². The van der Waals surface area contributed by atoms with Gasteiger partial charge in [0.2, 0.25) is 5.91 Å².